The fraction of sp³-hybridized carbons (Fsp3) is 0.700. The number of hydrogen-bond acceptors (Lipinski definition) is 2. The first kappa shape index (κ1) is 25.1. The zero-order chi connectivity index (χ0) is 19.1. The zero-order valence-corrected chi connectivity index (χ0v) is 19.5. The van der Waals surface area contributed by atoms with E-state index in [0.717, 1.165) is 5.56 Å². The van der Waals surface area contributed by atoms with Crippen molar-refractivity contribution in [1.82, 2.24) is 0 Å². The van der Waals surface area contributed by atoms with Crippen LogP contribution in [0.4, 0.5) is 0 Å². The molecule has 0 aliphatic carbocycles. The molecule has 0 aromatic heterocycles. The smallest absolute Gasteiger partial charge is 0.282 e. The third-order valence-corrected chi connectivity index (χ3v) is 6.25. The van der Waals surface area contributed by atoms with Gasteiger partial charge in [0.25, 0.3) is 10.1 Å². The molecule has 1 rings (SSSR count). The Balaban J connectivity index is 0.000000462. The zero-order valence-electron chi connectivity index (χ0n) is 16.7. The van der Waals surface area contributed by atoms with Crippen LogP contribution in [-0.4, -0.2) is 40.9 Å². The summed E-state index contributed by atoms with van der Waals surface area (Å²) in [5, 5.41) is 0. The molecule has 0 radical (unpaired) electrons. The summed E-state index contributed by atoms with van der Waals surface area (Å²) in [5.41, 5.74) is 1.45. The minimum Gasteiger partial charge on any atom is -0.282 e. The van der Waals surface area contributed by atoms with Crippen molar-refractivity contribution in [1.29, 1.82) is 0 Å². The molecule has 1 aromatic rings. The van der Waals surface area contributed by atoms with Gasteiger partial charge in [-0.1, -0.05) is 12.1 Å². The minimum atomic E-state index is -4.06. The van der Waals surface area contributed by atoms with E-state index in [-0.39, 0.29) is 4.90 Å². The van der Waals surface area contributed by atoms with Gasteiger partial charge in [0.2, 0.25) is 0 Å². The van der Waals surface area contributed by atoms with Gasteiger partial charge in [0.15, 0.2) is 0 Å². The summed E-state index contributed by atoms with van der Waals surface area (Å²) in [4.78, 5) is -0.0116. The average molecular weight is 379 g/mol. The van der Waals surface area contributed by atoms with E-state index in [1.165, 1.54) is 102 Å². The molecule has 3 nitrogen and oxygen atoms in total. The van der Waals surface area contributed by atoms with Crippen LogP contribution in [0, 0.1) is 13.8 Å². The number of benzene rings is 1. The molecule has 0 saturated carbocycles. The van der Waals surface area contributed by atoms with Crippen LogP contribution < -0.4 is 0 Å². The quantitative estimate of drug-likeness (QED) is 0.290. The van der Waals surface area contributed by atoms with E-state index in [9.17, 15) is 8.42 Å². The Morgan fingerprint density at radius 2 is 1.36 bits per heavy atom. The van der Waals surface area contributed by atoms with Crippen molar-refractivity contribution in [2.24, 2.45) is 0 Å². The van der Waals surface area contributed by atoms with E-state index < -0.39 is 10.1 Å². The van der Waals surface area contributed by atoms with Gasteiger partial charge in [-0.05, 0) is 31.0 Å². The number of hydrogen-bond donors (Lipinski definition) is 1. The molecule has 0 bridgehead atoms. The molecule has 0 aliphatic rings. The number of aryl methyl sites for hydroxylation is 1. The van der Waals surface area contributed by atoms with Gasteiger partial charge in [-0.3, -0.25) is 4.55 Å². The fourth-order valence-corrected chi connectivity index (χ4v) is 4.04. The Labute approximate surface area is 173 Å². The van der Waals surface area contributed by atoms with Crippen molar-refractivity contribution in [3.63, 3.8) is 0 Å². The second-order valence-electron chi connectivity index (χ2n) is 6.86. The van der Waals surface area contributed by atoms with Crippen LogP contribution in [0.2, 0.25) is 3.67 Å². The molecule has 0 atom stereocenters. The molecule has 0 fully saturated rings. The summed E-state index contributed by atoms with van der Waals surface area (Å²) in [6.45, 7) is 5.75. The van der Waals surface area contributed by atoms with Crippen molar-refractivity contribution in [2.75, 3.05) is 0 Å². The molecule has 0 spiro atoms. The third-order valence-electron chi connectivity index (χ3n) is 4.54. The van der Waals surface area contributed by atoms with Crippen molar-refractivity contribution < 1.29 is 13.0 Å². The van der Waals surface area contributed by atoms with Gasteiger partial charge < -0.3 is 0 Å². The van der Waals surface area contributed by atoms with Crippen LogP contribution in [0.15, 0.2) is 23.1 Å². The van der Waals surface area contributed by atoms with Gasteiger partial charge in [0.1, 0.15) is 0 Å². The molecule has 0 heterocycles. The fourth-order valence-electron chi connectivity index (χ4n) is 2.74. The molecule has 0 aliphatic heterocycles. The van der Waals surface area contributed by atoms with Crippen molar-refractivity contribution >= 4 is 38.0 Å². The predicted molar refractivity (Wildman–Crippen MR) is 108 cm³/mol. The third kappa shape index (κ3) is 13.0. The SMILES string of the molecule is CCCCCCCCCCC[CH2][Na].Cc1cccc(S(=O)(=O)O)c1C. The van der Waals surface area contributed by atoms with Crippen molar-refractivity contribution in [3.05, 3.63) is 29.3 Å². The Morgan fingerprint density at radius 3 is 1.76 bits per heavy atom. The average Bonchev–Trinajstić information content (AvgIpc) is 2.55. The molecule has 0 unspecified atom stereocenters. The largest absolute Gasteiger partial charge is 0.294 e. The molecule has 0 amide bonds. The number of unbranched alkanes of at least 4 members (excludes halogenated alkanes) is 9. The minimum absolute atomic E-state index is 0.0116. The Kier molecular flexibility index (Phi) is 15.3. The van der Waals surface area contributed by atoms with Crippen molar-refractivity contribution in [3.8, 4) is 0 Å². The van der Waals surface area contributed by atoms with E-state index >= 15 is 0 Å². The Hall–Kier alpha value is 0.130. The van der Waals surface area contributed by atoms with Gasteiger partial charge in [0, 0.05) is 0 Å². The molecule has 0 saturated heterocycles. The maximum absolute atomic E-state index is 10.8. The maximum Gasteiger partial charge on any atom is 0.294 e. The van der Waals surface area contributed by atoms with E-state index in [4.69, 9.17) is 4.55 Å². The van der Waals surface area contributed by atoms with Crippen LogP contribution in [-0.2, 0) is 10.1 Å². The van der Waals surface area contributed by atoms with Crippen LogP contribution in [0.1, 0.15) is 82.3 Å². The summed E-state index contributed by atoms with van der Waals surface area (Å²) < 4.78 is 31.8. The first-order valence-corrected chi connectivity index (χ1v) is 12.7. The molecule has 5 heteroatoms. The standard InChI is InChI=1S/C12H25.C8H10O3S.Na/c1-3-5-7-9-11-12-10-8-6-4-2;1-6-4-3-5-8(7(6)2)12(9,10)11;/h1,3-12H2,2H3;3-5H,1-2H3,(H,9,10,11);. The van der Waals surface area contributed by atoms with Crippen LogP contribution in [0.25, 0.3) is 0 Å². The van der Waals surface area contributed by atoms with Gasteiger partial charge in [-0.2, -0.15) is 8.42 Å². The van der Waals surface area contributed by atoms with Gasteiger partial charge in [0.05, 0.1) is 4.90 Å². The summed E-state index contributed by atoms with van der Waals surface area (Å²) in [5.74, 6) is 0. The van der Waals surface area contributed by atoms with Crippen LogP contribution >= 0.6 is 0 Å². The van der Waals surface area contributed by atoms with Gasteiger partial charge in [-0.25, -0.2) is 0 Å². The predicted octanol–water partition coefficient (Wildman–Crippen LogP) is 6.04. The summed E-state index contributed by atoms with van der Waals surface area (Å²) in [6.07, 6.45) is 14.7. The molecule has 1 N–H and O–H groups in total. The summed E-state index contributed by atoms with van der Waals surface area (Å²) in [6, 6.07) is 4.78. The second kappa shape index (κ2) is 15.2. The van der Waals surface area contributed by atoms with E-state index in [0.29, 0.717) is 5.56 Å². The Bertz CT molecular complexity index is 546. The van der Waals surface area contributed by atoms with E-state index in [1.807, 2.05) is 0 Å². The van der Waals surface area contributed by atoms with E-state index in [1.54, 1.807) is 26.0 Å². The molecule has 140 valence electrons. The first-order valence-electron chi connectivity index (χ1n) is 9.88. The van der Waals surface area contributed by atoms with Gasteiger partial charge in [-0.15, -0.1) is 0 Å². The topological polar surface area (TPSA) is 54.4 Å². The summed E-state index contributed by atoms with van der Waals surface area (Å²) in [7, 11) is -4.06. The normalized spacial score (nSPS) is 11.1. The van der Waals surface area contributed by atoms with E-state index in [2.05, 4.69) is 6.92 Å². The maximum atomic E-state index is 10.8. The monoisotopic (exact) mass is 378 g/mol. The van der Waals surface area contributed by atoms with Crippen LogP contribution in [0.3, 0.4) is 0 Å². The molecular formula is C20H35NaO3S. The molecule has 1 aromatic carbocycles. The Morgan fingerprint density at radius 1 is 0.880 bits per heavy atom. The molecular weight excluding hydrogens is 343 g/mol. The molecule has 25 heavy (non-hydrogen) atoms. The van der Waals surface area contributed by atoms with Gasteiger partial charge >= 0.3 is 103 Å². The summed E-state index contributed by atoms with van der Waals surface area (Å²) >= 11 is 1.41. The number of rotatable bonds is 11. The second-order valence-corrected chi connectivity index (χ2v) is 9.25. The van der Waals surface area contributed by atoms with Crippen LogP contribution in [0.5, 0.6) is 0 Å². The van der Waals surface area contributed by atoms with Crippen molar-refractivity contribution in [2.45, 2.75) is 93.5 Å². The first-order chi connectivity index (χ1) is 11.8.